The smallest absolute Gasteiger partial charge is 0.245 e. The number of aryl methyl sites for hydroxylation is 2. The lowest BCUT2D eigenvalue weighted by Crippen LogP contribution is -2.38. The SMILES string of the molecule is CCn1ncc(-c2nc3c(OC4CCN(C(=O)C5CC(=O)N(C(C)C)C5)C4)ncnc3n2C)c1C. The molecule has 3 aromatic heterocycles. The molecule has 3 aromatic rings. The molecule has 0 saturated carbocycles. The largest absolute Gasteiger partial charge is 0.471 e. The first kappa shape index (κ1) is 23.3. The molecule has 5 rings (SSSR count). The quantitative estimate of drug-likeness (QED) is 0.529. The summed E-state index contributed by atoms with van der Waals surface area (Å²) in [5.74, 6) is 0.980. The Labute approximate surface area is 204 Å². The van der Waals surface area contributed by atoms with Gasteiger partial charge in [-0.05, 0) is 27.7 Å². The lowest BCUT2D eigenvalue weighted by atomic mass is 10.1. The van der Waals surface area contributed by atoms with E-state index in [1.807, 2.05) is 48.2 Å². The van der Waals surface area contributed by atoms with Crippen LogP contribution in [0.4, 0.5) is 0 Å². The fraction of sp³-hybridized carbons (Fsp3) is 0.583. The van der Waals surface area contributed by atoms with Gasteiger partial charge in [0.2, 0.25) is 17.7 Å². The fourth-order valence-electron chi connectivity index (χ4n) is 5.13. The highest BCUT2D eigenvalue weighted by Gasteiger charge is 2.39. The summed E-state index contributed by atoms with van der Waals surface area (Å²) in [6.45, 7) is 10.4. The standard InChI is InChI=1S/C24H32N8O3/c1-6-32-15(4)18(10-27-32)21-28-20-22(29(21)5)25-13-26-23(20)35-17-7-8-30(12-17)24(34)16-9-19(33)31(11-16)14(2)3/h10,13-14,16-17H,6-9,11-12H2,1-5H3. The molecule has 0 bridgehead atoms. The lowest BCUT2D eigenvalue weighted by Gasteiger charge is -2.23. The minimum atomic E-state index is -0.278. The van der Waals surface area contributed by atoms with Crippen molar-refractivity contribution < 1.29 is 14.3 Å². The molecular weight excluding hydrogens is 448 g/mol. The summed E-state index contributed by atoms with van der Waals surface area (Å²) in [4.78, 5) is 42.5. The molecule has 186 valence electrons. The van der Waals surface area contributed by atoms with Crippen molar-refractivity contribution in [3.8, 4) is 17.3 Å². The van der Waals surface area contributed by atoms with Crippen molar-refractivity contribution in [3.63, 3.8) is 0 Å². The molecule has 2 aliphatic rings. The molecule has 0 spiro atoms. The Bertz CT molecular complexity index is 1280. The van der Waals surface area contributed by atoms with Crippen molar-refractivity contribution in [2.45, 2.75) is 59.2 Å². The maximum atomic E-state index is 13.1. The van der Waals surface area contributed by atoms with Crippen LogP contribution in [0.5, 0.6) is 5.88 Å². The highest BCUT2D eigenvalue weighted by molar-refractivity contribution is 5.89. The molecule has 2 amide bonds. The molecule has 11 nitrogen and oxygen atoms in total. The van der Waals surface area contributed by atoms with Gasteiger partial charge in [-0.1, -0.05) is 0 Å². The second-order valence-electron chi connectivity index (χ2n) is 9.66. The van der Waals surface area contributed by atoms with Crippen LogP contribution in [0.1, 0.15) is 39.3 Å². The summed E-state index contributed by atoms with van der Waals surface area (Å²) < 4.78 is 10.1. The monoisotopic (exact) mass is 480 g/mol. The first-order chi connectivity index (χ1) is 16.8. The van der Waals surface area contributed by atoms with Gasteiger partial charge in [0.25, 0.3) is 0 Å². The second kappa shape index (κ2) is 8.94. The first-order valence-corrected chi connectivity index (χ1v) is 12.2. The van der Waals surface area contributed by atoms with E-state index in [4.69, 9.17) is 9.72 Å². The summed E-state index contributed by atoms with van der Waals surface area (Å²) in [5, 5.41) is 4.44. The van der Waals surface area contributed by atoms with E-state index in [2.05, 4.69) is 22.0 Å². The molecule has 2 unspecified atom stereocenters. The highest BCUT2D eigenvalue weighted by atomic mass is 16.5. The fourth-order valence-corrected chi connectivity index (χ4v) is 5.13. The number of carbonyl (C=O) groups excluding carboxylic acids is 2. The molecular formula is C24H32N8O3. The van der Waals surface area contributed by atoms with Gasteiger partial charge in [-0.3, -0.25) is 14.3 Å². The highest BCUT2D eigenvalue weighted by Crippen LogP contribution is 2.30. The van der Waals surface area contributed by atoms with Gasteiger partial charge in [0.1, 0.15) is 18.3 Å². The third-order valence-electron chi connectivity index (χ3n) is 7.13. The average Bonchev–Trinajstić information content (AvgIpc) is 3.60. The average molecular weight is 481 g/mol. The van der Waals surface area contributed by atoms with Crippen molar-refractivity contribution in [2.75, 3.05) is 19.6 Å². The van der Waals surface area contributed by atoms with Crippen LogP contribution in [0.2, 0.25) is 0 Å². The van der Waals surface area contributed by atoms with E-state index in [1.54, 1.807) is 4.90 Å². The Morgan fingerprint density at radius 2 is 2.06 bits per heavy atom. The number of amides is 2. The van der Waals surface area contributed by atoms with Crippen molar-refractivity contribution in [2.24, 2.45) is 13.0 Å². The minimum Gasteiger partial charge on any atom is -0.471 e. The summed E-state index contributed by atoms with van der Waals surface area (Å²) >= 11 is 0. The molecule has 0 aliphatic carbocycles. The summed E-state index contributed by atoms with van der Waals surface area (Å²) in [7, 11) is 1.92. The van der Waals surface area contributed by atoms with Gasteiger partial charge < -0.3 is 19.1 Å². The van der Waals surface area contributed by atoms with Gasteiger partial charge in [-0.15, -0.1) is 0 Å². The number of aromatic nitrogens is 6. The Morgan fingerprint density at radius 1 is 1.26 bits per heavy atom. The van der Waals surface area contributed by atoms with Crippen molar-refractivity contribution >= 4 is 23.0 Å². The third-order valence-corrected chi connectivity index (χ3v) is 7.13. The molecule has 35 heavy (non-hydrogen) atoms. The maximum Gasteiger partial charge on any atom is 0.245 e. The minimum absolute atomic E-state index is 0.0315. The summed E-state index contributed by atoms with van der Waals surface area (Å²) in [6, 6.07) is 0.110. The van der Waals surface area contributed by atoms with Crippen molar-refractivity contribution in [3.05, 3.63) is 18.2 Å². The van der Waals surface area contributed by atoms with Crippen LogP contribution in [0.3, 0.4) is 0 Å². The number of nitrogens with zero attached hydrogens (tertiary/aromatic N) is 8. The normalized spacial score (nSPS) is 20.6. The maximum absolute atomic E-state index is 13.1. The zero-order valence-electron chi connectivity index (χ0n) is 20.9. The molecule has 2 atom stereocenters. The van der Waals surface area contributed by atoms with Crippen molar-refractivity contribution in [1.29, 1.82) is 0 Å². The van der Waals surface area contributed by atoms with Crippen molar-refractivity contribution in [1.82, 2.24) is 39.1 Å². The number of imidazole rings is 1. The van der Waals surface area contributed by atoms with Gasteiger partial charge in [-0.25, -0.2) is 9.97 Å². The molecule has 5 heterocycles. The predicted octanol–water partition coefficient (Wildman–Crippen LogP) is 1.79. The Kier molecular flexibility index (Phi) is 5.94. The molecule has 2 saturated heterocycles. The van der Waals surface area contributed by atoms with Gasteiger partial charge in [-0.2, -0.15) is 10.1 Å². The molecule has 2 fully saturated rings. The van der Waals surface area contributed by atoms with Gasteiger partial charge in [0.15, 0.2) is 11.2 Å². The zero-order chi connectivity index (χ0) is 24.9. The molecule has 11 heteroatoms. The third kappa shape index (κ3) is 4.02. The Balaban J connectivity index is 1.32. The number of hydrogen-bond acceptors (Lipinski definition) is 7. The van der Waals surface area contributed by atoms with E-state index in [0.29, 0.717) is 43.1 Å². The first-order valence-electron chi connectivity index (χ1n) is 12.2. The predicted molar refractivity (Wildman–Crippen MR) is 129 cm³/mol. The van der Waals surface area contributed by atoms with E-state index in [0.717, 1.165) is 23.6 Å². The molecule has 2 aliphatic heterocycles. The van der Waals surface area contributed by atoms with Gasteiger partial charge >= 0.3 is 0 Å². The van der Waals surface area contributed by atoms with Crippen LogP contribution in [0.15, 0.2) is 12.5 Å². The Morgan fingerprint density at radius 3 is 2.74 bits per heavy atom. The number of rotatable bonds is 6. The molecule has 0 N–H and O–H groups in total. The van der Waals surface area contributed by atoms with Crippen LogP contribution in [0.25, 0.3) is 22.6 Å². The summed E-state index contributed by atoms with van der Waals surface area (Å²) in [5.41, 5.74) is 3.25. The second-order valence-corrected chi connectivity index (χ2v) is 9.66. The van der Waals surface area contributed by atoms with Gasteiger partial charge in [0, 0.05) is 51.3 Å². The topological polar surface area (TPSA) is 111 Å². The Hall–Kier alpha value is -3.50. The van der Waals surface area contributed by atoms with E-state index in [9.17, 15) is 9.59 Å². The van der Waals surface area contributed by atoms with E-state index >= 15 is 0 Å². The molecule has 0 aromatic carbocycles. The number of fused-ring (bicyclic) bond motifs is 1. The van der Waals surface area contributed by atoms with Crippen LogP contribution in [0, 0.1) is 12.8 Å². The van der Waals surface area contributed by atoms with Crippen LogP contribution in [-0.2, 0) is 23.2 Å². The summed E-state index contributed by atoms with van der Waals surface area (Å²) in [6.07, 6.45) is 4.10. The van der Waals surface area contributed by atoms with Crippen LogP contribution >= 0.6 is 0 Å². The van der Waals surface area contributed by atoms with E-state index in [-0.39, 0.29) is 36.3 Å². The van der Waals surface area contributed by atoms with E-state index in [1.165, 1.54) is 6.33 Å². The van der Waals surface area contributed by atoms with E-state index < -0.39 is 0 Å². The number of carbonyl (C=O) groups is 2. The number of hydrogen-bond donors (Lipinski definition) is 0. The molecule has 0 radical (unpaired) electrons. The van der Waals surface area contributed by atoms with Crippen LogP contribution < -0.4 is 4.74 Å². The van der Waals surface area contributed by atoms with Crippen LogP contribution in [-0.4, -0.2) is 82.7 Å². The number of ether oxygens (including phenoxy) is 1. The zero-order valence-corrected chi connectivity index (χ0v) is 20.9. The number of likely N-dealkylation sites (tertiary alicyclic amines) is 2. The van der Waals surface area contributed by atoms with Gasteiger partial charge in [0.05, 0.1) is 24.2 Å². The lowest BCUT2D eigenvalue weighted by molar-refractivity contribution is -0.135.